The summed E-state index contributed by atoms with van der Waals surface area (Å²) in [5.74, 6) is -0.286. The van der Waals surface area contributed by atoms with Gasteiger partial charge in [-0.1, -0.05) is 18.2 Å². The van der Waals surface area contributed by atoms with Crippen LogP contribution in [0, 0.1) is 0 Å². The highest BCUT2D eigenvalue weighted by atomic mass is 31.2. The highest BCUT2D eigenvalue weighted by Crippen LogP contribution is 2.45. The Balaban J connectivity index is 2.07. The molecule has 0 saturated carbocycles. The van der Waals surface area contributed by atoms with Crippen molar-refractivity contribution in [3.63, 3.8) is 0 Å². The van der Waals surface area contributed by atoms with Crippen LogP contribution >= 0.6 is 7.75 Å². The Bertz CT molecular complexity index is 582. The normalized spacial score (nSPS) is 24.1. The van der Waals surface area contributed by atoms with Crippen LogP contribution in [-0.2, 0) is 23.4 Å². The third kappa shape index (κ3) is 5.29. The fourth-order valence-electron chi connectivity index (χ4n) is 2.14. The quantitative estimate of drug-likeness (QED) is 0.532. The van der Waals surface area contributed by atoms with Crippen molar-refractivity contribution in [2.75, 3.05) is 20.3 Å². The van der Waals surface area contributed by atoms with Gasteiger partial charge in [0, 0.05) is 6.61 Å². The van der Waals surface area contributed by atoms with E-state index in [9.17, 15) is 14.5 Å². The van der Waals surface area contributed by atoms with Gasteiger partial charge in [0.2, 0.25) is 0 Å². The number of methoxy groups -OCH3 is 1. The van der Waals surface area contributed by atoms with Gasteiger partial charge in [0.1, 0.15) is 17.9 Å². The summed E-state index contributed by atoms with van der Waals surface area (Å²) in [5.41, 5.74) is 0. The second-order valence-electron chi connectivity index (χ2n) is 5.34. The van der Waals surface area contributed by atoms with Gasteiger partial charge in [-0.25, -0.2) is 4.57 Å². The molecule has 134 valence electrons. The van der Waals surface area contributed by atoms with E-state index in [0.717, 1.165) is 0 Å². The van der Waals surface area contributed by atoms with Crippen molar-refractivity contribution < 1.29 is 33.0 Å². The minimum atomic E-state index is -3.89. The summed E-state index contributed by atoms with van der Waals surface area (Å²) in [5, 5.41) is 12.3. The molecule has 1 aliphatic heterocycles. The molecule has 0 radical (unpaired) electrons. The van der Waals surface area contributed by atoms with Crippen molar-refractivity contribution >= 4 is 13.7 Å². The maximum atomic E-state index is 13.0. The lowest BCUT2D eigenvalue weighted by atomic mass is 10.2. The van der Waals surface area contributed by atoms with Crippen molar-refractivity contribution in [2.24, 2.45) is 0 Å². The Kier molecular flexibility index (Phi) is 6.77. The number of esters is 1. The Labute approximate surface area is 140 Å². The summed E-state index contributed by atoms with van der Waals surface area (Å²) in [6.45, 7) is 1.76. The predicted octanol–water partition coefficient (Wildman–Crippen LogP) is 1.49. The largest absolute Gasteiger partial charge is 0.468 e. The SMILES string of the molecule is COC(=O)[C@H](C)NP(=O)(OC[C@H]1OCC[C@H]1O)Oc1ccccc1. The fourth-order valence-corrected chi connectivity index (χ4v) is 3.65. The van der Waals surface area contributed by atoms with E-state index in [0.29, 0.717) is 18.8 Å². The van der Waals surface area contributed by atoms with Gasteiger partial charge >= 0.3 is 13.7 Å². The van der Waals surface area contributed by atoms with Crippen LogP contribution in [0.3, 0.4) is 0 Å². The van der Waals surface area contributed by atoms with Crippen LogP contribution in [-0.4, -0.2) is 49.6 Å². The number of hydrogen-bond acceptors (Lipinski definition) is 7. The highest BCUT2D eigenvalue weighted by Gasteiger charge is 2.35. The first-order valence-corrected chi connectivity index (χ1v) is 9.12. The van der Waals surface area contributed by atoms with Crippen LogP contribution in [0.2, 0.25) is 0 Å². The zero-order valence-corrected chi connectivity index (χ0v) is 14.5. The highest BCUT2D eigenvalue weighted by molar-refractivity contribution is 7.52. The van der Waals surface area contributed by atoms with Gasteiger partial charge in [0.25, 0.3) is 0 Å². The Morgan fingerprint density at radius 2 is 2.17 bits per heavy atom. The van der Waals surface area contributed by atoms with Gasteiger partial charge in [-0.15, -0.1) is 0 Å². The van der Waals surface area contributed by atoms with Crippen molar-refractivity contribution in [1.82, 2.24) is 5.09 Å². The third-order valence-electron chi connectivity index (χ3n) is 3.46. The molecule has 9 heteroatoms. The maximum absolute atomic E-state index is 13.0. The monoisotopic (exact) mass is 359 g/mol. The van der Waals surface area contributed by atoms with E-state index in [4.69, 9.17) is 13.8 Å². The number of carbonyl (C=O) groups excluding carboxylic acids is 1. The van der Waals surface area contributed by atoms with Gasteiger partial charge < -0.3 is 19.1 Å². The number of ether oxygens (including phenoxy) is 2. The van der Waals surface area contributed by atoms with E-state index >= 15 is 0 Å². The van der Waals surface area contributed by atoms with Crippen molar-refractivity contribution in [1.29, 1.82) is 0 Å². The minimum Gasteiger partial charge on any atom is -0.468 e. The lowest BCUT2D eigenvalue weighted by molar-refractivity contribution is -0.142. The maximum Gasteiger partial charge on any atom is 0.459 e. The number of carbonyl (C=O) groups is 1. The molecule has 2 N–H and O–H groups in total. The predicted molar refractivity (Wildman–Crippen MR) is 85.6 cm³/mol. The standard InChI is InChI=1S/C15H22NO7P/c1-11(15(18)20-2)16-24(19,23-12-6-4-3-5-7-12)22-10-14-13(17)8-9-21-14/h3-7,11,13-14,17H,8-10H2,1-2H3,(H,16,19)/t11-,13+,14+,24?/m0/s1. The van der Waals surface area contributed by atoms with E-state index < -0.39 is 32.0 Å². The van der Waals surface area contributed by atoms with Gasteiger partial charge in [-0.3, -0.25) is 9.32 Å². The average molecular weight is 359 g/mol. The van der Waals surface area contributed by atoms with Crippen molar-refractivity contribution in [3.8, 4) is 5.75 Å². The minimum absolute atomic E-state index is 0.133. The molecule has 1 heterocycles. The molecule has 0 spiro atoms. The summed E-state index contributed by atoms with van der Waals surface area (Å²) < 4.78 is 33.7. The Morgan fingerprint density at radius 1 is 1.46 bits per heavy atom. The van der Waals surface area contributed by atoms with Gasteiger partial charge in [-0.2, -0.15) is 5.09 Å². The van der Waals surface area contributed by atoms with Crippen LogP contribution in [0.4, 0.5) is 0 Å². The first kappa shape index (κ1) is 18.9. The van der Waals surface area contributed by atoms with Crippen LogP contribution in [0.5, 0.6) is 5.75 Å². The second kappa shape index (κ2) is 8.60. The molecular weight excluding hydrogens is 337 g/mol. The smallest absolute Gasteiger partial charge is 0.459 e. The average Bonchev–Trinajstić information content (AvgIpc) is 2.98. The fraction of sp³-hybridized carbons (Fsp3) is 0.533. The van der Waals surface area contributed by atoms with E-state index in [1.54, 1.807) is 30.3 Å². The molecule has 8 nitrogen and oxygen atoms in total. The van der Waals surface area contributed by atoms with Gasteiger partial charge in [0.15, 0.2) is 0 Å². The molecule has 2 rings (SSSR count). The molecule has 1 aromatic carbocycles. The van der Waals surface area contributed by atoms with Gasteiger partial charge in [0.05, 0.1) is 19.8 Å². The van der Waals surface area contributed by atoms with E-state index in [1.165, 1.54) is 14.0 Å². The lowest BCUT2D eigenvalue weighted by Gasteiger charge is -2.24. The van der Waals surface area contributed by atoms with Crippen molar-refractivity contribution in [3.05, 3.63) is 30.3 Å². The third-order valence-corrected chi connectivity index (χ3v) is 5.10. The molecule has 1 saturated heterocycles. The molecule has 0 aliphatic carbocycles. The zero-order valence-electron chi connectivity index (χ0n) is 13.6. The number of rotatable bonds is 8. The number of para-hydroxylation sites is 1. The number of nitrogens with one attached hydrogen (secondary N) is 1. The van der Waals surface area contributed by atoms with E-state index in [1.807, 2.05) is 0 Å². The first-order valence-electron chi connectivity index (χ1n) is 7.58. The summed E-state index contributed by atoms with van der Waals surface area (Å²) in [6, 6.07) is 7.54. The molecule has 1 fully saturated rings. The summed E-state index contributed by atoms with van der Waals surface area (Å²) >= 11 is 0. The molecule has 4 atom stereocenters. The molecule has 1 unspecified atom stereocenters. The summed E-state index contributed by atoms with van der Waals surface area (Å²) in [7, 11) is -2.66. The van der Waals surface area contributed by atoms with Crippen LogP contribution in [0.25, 0.3) is 0 Å². The van der Waals surface area contributed by atoms with Crippen LogP contribution < -0.4 is 9.61 Å². The molecular formula is C15H22NO7P. The zero-order chi connectivity index (χ0) is 17.6. The number of benzene rings is 1. The lowest BCUT2D eigenvalue weighted by Crippen LogP contribution is -2.36. The molecule has 1 aliphatic rings. The van der Waals surface area contributed by atoms with Crippen LogP contribution in [0.15, 0.2) is 30.3 Å². The Hall–Kier alpha value is -1.44. The van der Waals surface area contributed by atoms with Crippen molar-refractivity contribution in [2.45, 2.75) is 31.6 Å². The second-order valence-corrected chi connectivity index (χ2v) is 7.03. The molecule has 0 aromatic heterocycles. The number of hydrogen-bond donors (Lipinski definition) is 2. The molecule has 24 heavy (non-hydrogen) atoms. The molecule has 0 bridgehead atoms. The molecule has 1 aromatic rings. The number of aliphatic hydroxyl groups excluding tert-OH is 1. The Morgan fingerprint density at radius 3 is 2.75 bits per heavy atom. The summed E-state index contributed by atoms with van der Waals surface area (Å²) in [6.07, 6.45) is -0.787. The number of aliphatic hydroxyl groups is 1. The van der Waals surface area contributed by atoms with E-state index in [-0.39, 0.29) is 6.61 Å². The topological polar surface area (TPSA) is 103 Å². The first-order chi connectivity index (χ1) is 11.4. The van der Waals surface area contributed by atoms with Crippen LogP contribution in [0.1, 0.15) is 13.3 Å². The van der Waals surface area contributed by atoms with E-state index in [2.05, 4.69) is 9.82 Å². The summed E-state index contributed by atoms with van der Waals surface area (Å²) in [4.78, 5) is 11.6. The molecule has 0 amide bonds. The van der Waals surface area contributed by atoms with Gasteiger partial charge in [-0.05, 0) is 25.5 Å².